The van der Waals surface area contributed by atoms with Gasteiger partial charge in [0.2, 0.25) is 0 Å². The van der Waals surface area contributed by atoms with E-state index >= 15 is 0 Å². The highest BCUT2D eigenvalue weighted by Crippen LogP contribution is 2.36. The Hall–Kier alpha value is -2.49. The number of alkyl halides is 1. The number of rotatable bonds is 2. The molecular formula is C18H14F3N. The third-order valence-corrected chi connectivity index (χ3v) is 3.68. The monoisotopic (exact) mass is 301 g/mol. The molecule has 2 aromatic rings. The van der Waals surface area contributed by atoms with Crippen molar-refractivity contribution in [3.05, 3.63) is 83.6 Å². The zero-order valence-electron chi connectivity index (χ0n) is 11.7. The van der Waals surface area contributed by atoms with Crippen LogP contribution in [0.4, 0.5) is 13.2 Å². The minimum absolute atomic E-state index is 0.0267. The Kier molecular flexibility index (Phi) is 3.75. The maximum atomic E-state index is 14.1. The molecule has 1 aliphatic heterocycles. The molecule has 112 valence electrons. The van der Waals surface area contributed by atoms with Crippen molar-refractivity contribution >= 4 is 11.3 Å². The summed E-state index contributed by atoms with van der Waals surface area (Å²) in [5, 5.41) is 2.74. The summed E-state index contributed by atoms with van der Waals surface area (Å²) in [6.07, 6.45) is -1.27. The largest absolute Gasteiger partial charge is 0.356 e. The Balaban J connectivity index is 2.24. The second-order valence-electron chi connectivity index (χ2n) is 5.14. The van der Waals surface area contributed by atoms with Gasteiger partial charge in [-0.15, -0.1) is 0 Å². The van der Waals surface area contributed by atoms with Gasteiger partial charge in [0.05, 0.1) is 11.3 Å². The molecular weight excluding hydrogens is 287 g/mol. The van der Waals surface area contributed by atoms with E-state index in [9.17, 15) is 13.2 Å². The lowest BCUT2D eigenvalue weighted by molar-refractivity contribution is 0.374. The first-order chi connectivity index (χ1) is 10.6. The third-order valence-electron chi connectivity index (χ3n) is 3.68. The standard InChI is InChI=1S/C18H14F3N/c1-11-16(21)10-13(12-6-3-2-4-7-12)18(22-11)17-14(19)8-5-9-15(17)20/h2-9,16,22H,1,10H2. The van der Waals surface area contributed by atoms with Crippen LogP contribution in [0.2, 0.25) is 0 Å². The van der Waals surface area contributed by atoms with E-state index in [4.69, 9.17) is 0 Å². The summed E-state index contributed by atoms with van der Waals surface area (Å²) in [7, 11) is 0. The quantitative estimate of drug-likeness (QED) is 0.849. The number of benzene rings is 2. The molecule has 0 saturated heterocycles. The van der Waals surface area contributed by atoms with Crippen LogP contribution in [-0.4, -0.2) is 6.17 Å². The Labute approximate surface area is 126 Å². The van der Waals surface area contributed by atoms with E-state index in [0.29, 0.717) is 5.57 Å². The van der Waals surface area contributed by atoms with Crippen LogP contribution >= 0.6 is 0 Å². The van der Waals surface area contributed by atoms with Gasteiger partial charge >= 0.3 is 0 Å². The first kappa shape index (κ1) is 14.4. The molecule has 1 N–H and O–H groups in total. The molecule has 1 nitrogen and oxygen atoms in total. The maximum absolute atomic E-state index is 14.1. The van der Waals surface area contributed by atoms with Gasteiger partial charge in [0.1, 0.15) is 17.8 Å². The number of hydrogen-bond acceptors (Lipinski definition) is 1. The lowest BCUT2D eigenvalue weighted by atomic mass is 9.90. The van der Waals surface area contributed by atoms with E-state index in [1.807, 2.05) is 6.07 Å². The molecule has 1 aliphatic rings. The van der Waals surface area contributed by atoms with Crippen molar-refractivity contribution in [3.8, 4) is 0 Å². The maximum Gasteiger partial charge on any atom is 0.143 e. The fourth-order valence-electron chi connectivity index (χ4n) is 2.57. The van der Waals surface area contributed by atoms with E-state index in [2.05, 4.69) is 11.9 Å². The molecule has 0 fully saturated rings. The van der Waals surface area contributed by atoms with E-state index in [-0.39, 0.29) is 23.4 Å². The average Bonchev–Trinajstić information content (AvgIpc) is 2.51. The summed E-state index contributed by atoms with van der Waals surface area (Å²) in [6.45, 7) is 3.59. The fraction of sp³-hybridized carbons (Fsp3) is 0.111. The SMILES string of the molecule is C=C1NC(c2c(F)cccc2F)=C(c2ccccc2)CC1F. The molecule has 0 aromatic heterocycles. The van der Waals surface area contributed by atoms with Gasteiger partial charge in [0.25, 0.3) is 0 Å². The first-order valence-corrected chi connectivity index (χ1v) is 6.90. The Morgan fingerprint density at radius 1 is 0.955 bits per heavy atom. The van der Waals surface area contributed by atoms with Gasteiger partial charge in [-0.1, -0.05) is 43.0 Å². The van der Waals surface area contributed by atoms with Crippen LogP contribution in [0.15, 0.2) is 60.8 Å². The lowest BCUT2D eigenvalue weighted by Crippen LogP contribution is -2.27. The minimum atomic E-state index is -1.30. The highest BCUT2D eigenvalue weighted by Gasteiger charge is 2.28. The van der Waals surface area contributed by atoms with E-state index in [1.54, 1.807) is 24.3 Å². The van der Waals surface area contributed by atoms with Crippen LogP contribution < -0.4 is 5.32 Å². The third kappa shape index (κ3) is 2.52. The van der Waals surface area contributed by atoms with Crippen molar-refractivity contribution in [2.24, 2.45) is 0 Å². The van der Waals surface area contributed by atoms with Crippen molar-refractivity contribution in [2.45, 2.75) is 12.6 Å². The minimum Gasteiger partial charge on any atom is -0.356 e. The van der Waals surface area contributed by atoms with Gasteiger partial charge in [-0.3, -0.25) is 0 Å². The topological polar surface area (TPSA) is 12.0 Å². The van der Waals surface area contributed by atoms with Gasteiger partial charge < -0.3 is 5.32 Å². The smallest absolute Gasteiger partial charge is 0.143 e. The van der Waals surface area contributed by atoms with Gasteiger partial charge in [-0.2, -0.15) is 0 Å². The summed E-state index contributed by atoms with van der Waals surface area (Å²) in [4.78, 5) is 0. The number of allylic oxidation sites excluding steroid dienone is 2. The lowest BCUT2D eigenvalue weighted by Gasteiger charge is -2.27. The first-order valence-electron chi connectivity index (χ1n) is 6.90. The molecule has 3 rings (SSSR count). The molecule has 2 aromatic carbocycles. The molecule has 0 saturated carbocycles. The highest BCUT2D eigenvalue weighted by atomic mass is 19.1. The summed E-state index contributed by atoms with van der Waals surface area (Å²) >= 11 is 0. The predicted molar refractivity (Wildman–Crippen MR) is 81.4 cm³/mol. The van der Waals surface area contributed by atoms with Crippen LogP contribution in [0.3, 0.4) is 0 Å². The van der Waals surface area contributed by atoms with Crippen LogP contribution in [-0.2, 0) is 0 Å². The van der Waals surface area contributed by atoms with Crippen molar-refractivity contribution in [1.29, 1.82) is 0 Å². The molecule has 1 atom stereocenters. The molecule has 0 aliphatic carbocycles. The number of hydrogen-bond donors (Lipinski definition) is 1. The molecule has 1 heterocycles. The molecule has 1 unspecified atom stereocenters. The fourth-order valence-corrected chi connectivity index (χ4v) is 2.57. The summed E-state index contributed by atoms with van der Waals surface area (Å²) < 4.78 is 42.2. The Morgan fingerprint density at radius 3 is 2.23 bits per heavy atom. The number of nitrogens with one attached hydrogen (secondary N) is 1. The second kappa shape index (κ2) is 5.72. The van der Waals surface area contributed by atoms with E-state index < -0.39 is 17.8 Å². The number of halogens is 3. The molecule has 22 heavy (non-hydrogen) atoms. The Morgan fingerprint density at radius 2 is 1.59 bits per heavy atom. The second-order valence-corrected chi connectivity index (χ2v) is 5.14. The van der Waals surface area contributed by atoms with Crippen LogP contribution in [0.5, 0.6) is 0 Å². The zero-order valence-corrected chi connectivity index (χ0v) is 11.7. The highest BCUT2D eigenvalue weighted by molar-refractivity contribution is 5.92. The van der Waals surface area contributed by atoms with Crippen LogP contribution in [0.1, 0.15) is 17.5 Å². The summed E-state index contributed by atoms with van der Waals surface area (Å²) in [6, 6.07) is 12.7. The normalized spacial score (nSPS) is 18.3. The summed E-state index contributed by atoms with van der Waals surface area (Å²) in [5.41, 5.74) is 1.42. The van der Waals surface area contributed by atoms with Gasteiger partial charge in [-0.05, 0) is 23.3 Å². The molecule has 0 bridgehead atoms. The van der Waals surface area contributed by atoms with Crippen LogP contribution in [0, 0.1) is 11.6 Å². The van der Waals surface area contributed by atoms with Crippen molar-refractivity contribution in [1.82, 2.24) is 5.32 Å². The molecule has 0 spiro atoms. The zero-order chi connectivity index (χ0) is 15.7. The van der Waals surface area contributed by atoms with Crippen molar-refractivity contribution in [2.75, 3.05) is 0 Å². The average molecular weight is 301 g/mol. The predicted octanol–water partition coefficient (Wildman–Crippen LogP) is 4.68. The van der Waals surface area contributed by atoms with Gasteiger partial charge in [0.15, 0.2) is 0 Å². The molecule has 0 amide bonds. The van der Waals surface area contributed by atoms with Crippen LogP contribution in [0.25, 0.3) is 11.3 Å². The van der Waals surface area contributed by atoms with E-state index in [1.165, 1.54) is 18.2 Å². The van der Waals surface area contributed by atoms with Gasteiger partial charge in [0, 0.05) is 12.1 Å². The van der Waals surface area contributed by atoms with Crippen molar-refractivity contribution in [3.63, 3.8) is 0 Å². The molecule has 0 radical (unpaired) electrons. The Bertz CT molecular complexity index is 730. The van der Waals surface area contributed by atoms with Gasteiger partial charge in [-0.25, -0.2) is 13.2 Å². The molecule has 4 heteroatoms. The van der Waals surface area contributed by atoms with E-state index in [0.717, 1.165) is 5.56 Å². The van der Waals surface area contributed by atoms with Crippen molar-refractivity contribution < 1.29 is 13.2 Å². The summed E-state index contributed by atoms with van der Waals surface area (Å²) in [5.74, 6) is -1.39.